The lowest BCUT2D eigenvalue weighted by Crippen LogP contribution is -2.17. The standard InChI is InChI=1S/C7H14ClNO/c1-6(7(8)10)4-5-9(2)3/h6H,4-5H2,1-3H3. The molecule has 0 bridgehead atoms. The van der Waals surface area contributed by atoms with Crippen LogP contribution in [0.1, 0.15) is 13.3 Å². The Kier molecular flexibility index (Phi) is 4.65. The van der Waals surface area contributed by atoms with Crippen LogP contribution in [0, 0.1) is 5.92 Å². The molecule has 1 unspecified atom stereocenters. The van der Waals surface area contributed by atoms with E-state index in [0.717, 1.165) is 13.0 Å². The van der Waals surface area contributed by atoms with Gasteiger partial charge in [-0.1, -0.05) is 6.92 Å². The molecule has 0 amide bonds. The van der Waals surface area contributed by atoms with Gasteiger partial charge < -0.3 is 4.90 Å². The molecule has 0 aromatic rings. The summed E-state index contributed by atoms with van der Waals surface area (Å²) in [4.78, 5) is 12.5. The van der Waals surface area contributed by atoms with E-state index in [-0.39, 0.29) is 11.2 Å². The second-order valence-corrected chi connectivity index (χ2v) is 3.17. The van der Waals surface area contributed by atoms with E-state index < -0.39 is 0 Å². The van der Waals surface area contributed by atoms with E-state index in [1.165, 1.54) is 0 Å². The van der Waals surface area contributed by atoms with Gasteiger partial charge in [0.1, 0.15) is 0 Å². The molecule has 10 heavy (non-hydrogen) atoms. The molecule has 0 aliphatic heterocycles. The summed E-state index contributed by atoms with van der Waals surface area (Å²) in [5, 5.41) is -0.234. The lowest BCUT2D eigenvalue weighted by atomic mass is 10.1. The third-order valence-electron chi connectivity index (χ3n) is 1.40. The van der Waals surface area contributed by atoms with Crippen LogP contribution in [0.4, 0.5) is 0 Å². The maximum Gasteiger partial charge on any atom is 0.224 e. The SMILES string of the molecule is CC(CCN(C)C)C(=O)Cl. The van der Waals surface area contributed by atoms with Crippen molar-refractivity contribution in [2.24, 2.45) is 5.92 Å². The Labute approximate surface area is 67.2 Å². The number of carbonyl (C=O) groups is 1. The normalized spacial score (nSPS) is 13.7. The molecule has 0 heterocycles. The van der Waals surface area contributed by atoms with Crippen LogP contribution in [-0.4, -0.2) is 30.8 Å². The molecular formula is C7H14ClNO. The van der Waals surface area contributed by atoms with E-state index in [2.05, 4.69) is 0 Å². The number of hydrogen-bond acceptors (Lipinski definition) is 2. The van der Waals surface area contributed by atoms with E-state index in [1.807, 2.05) is 25.9 Å². The molecule has 0 radical (unpaired) electrons. The second-order valence-electron chi connectivity index (χ2n) is 2.80. The molecule has 0 aliphatic rings. The quantitative estimate of drug-likeness (QED) is 0.583. The smallest absolute Gasteiger partial charge is 0.224 e. The number of carbonyl (C=O) groups excluding carboxylic acids is 1. The maximum absolute atomic E-state index is 10.5. The minimum atomic E-state index is -0.234. The first-order valence-electron chi connectivity index (χ1n) is 3.38. The Bertz CT molecular complexity index is 114. The Morgan fingerprint density at radius 1 is 1.60 bits per heavy atom. The zero-order valence-corrected chi connectivity index (χ0v) is 7.48. The first-order valence-corrected chi connectivity index (χ1v) is 3.76. The van der Waals surface area contributed by atoms with E-state index >= 15 is 0 Å². The molecule has 0 spiro atoms. The molecule has 0 fully saturated rings. The van der Waals surface area contributed by atoms with Crippen LogP contribution in [0.5, 0.6) is 0 Å². The van der Waals surface area contributed by atoms with Crippen molar-refractivity contribution in [2.75, 3.05) is 20.6 Å². The zero-order chi connectivity index (χ0) is 8.15. The van der Waals surface area contributed by atoms with Crippen LogP contribution in [0.15, 0.2) is 0 Å². The third kappa shape index (κ3) is 4.77. The van der Waals surface area contributed by atoms with E-state index in [4.69, 9.17) is 11.6 Å². The molecule has 0 aliphatic carbocycles. The summed E-state index contributed by atoms with van der Waals surface area (Å²) in [6.07, 6.45) is 0.843. The van der Waals surface area contributed by atoms with Crippen LogP contribution >= 0.6 is 11.6 Å². The molecule has 0 rings (SSSR count). The Morgan fingerprint density at radius 3 is 2.40 bits per heavy atom. The van der Waals surface area contributed by atoms with Crippen LogP contribution in [0.3, 0.4) is 0 Å². The molecule has 0 saturated carbocycles. The van der Waals surface area contributed by atoms with Gasteiger partial charge in [-0.15, -0.1) is 0 Å². The van der Waals surface area contributed by atoms with Gasteiger partial charge in [-0.2, -0.15) is 0 Å². The van der Waals surface area contributed by atoms with Crippen molar-refractivity contribution < 1.29 is 4.79 Å². The monoisotopic (exact) mass is 163 g/mol. The van der Waals surface area contributed by atoms with Crippen molar-refractivity contribution in [2.45, 2.75) is 13.3 Å². The summed E-state index contributed by atoms with van der Waals surface area (Å²) in [5.41, 5.74) is 0. The van der Waals surface area contributed by atoms with Gasteiger partial charge in [0, 0.05) is 5.92 Å². The predicted molar refractivity (Wildman–Crippen MR) is 43.2 cm³/mol. The lowest BCUT2D eigenvalue weighted by Gasteiger charge is -2.11. The molecule has 3 heteroatoms. The van der Waals surface area contributed by atoms with Crippen LogP contribution in [0.2, 0.25) is 0 Å². The highest BCUT2D eigenvalue weighted by molar-refractivity contribution is 6.63. The predicted octanol–water partition coefficient (Wildman–Crippen LogP) is 1.34. The van der Waals surface area contributed by atoms with Gasteiger partial charge in [0.2, 0.25) is 5.24 Å². The molecule has 2 nitrogen and oxygen atoms in total. The third-order valence-corrected chi connectivity index (χ3v) is 1.77. The summed E-state index contributed by atoms with van der Waals surface area (Å²) in [6.45, 7) is 2.76. The summed E-state index contributed by atoms with van der Waals surface area (Å²) >= 11 is 5.25. The topological polar surface area (TPSA) is 20.3 Å². The summed E-state index contributed by atoms with van der Waals surface area (Å²) in [6, 6.07) is 0. The Hall–Kier alpha value is -0.0800. The fourth-order valence-corrected chi connectivity index (χ4v) is 0.674. The van der Waals surface area contributed by atoms with Crippen molar-refractivity contribution in [1.29, 1.82) is 0 Å². The van der Waals surface area contributed by atoms with E-state index in [9.17, 15) is 4.79 Å². The molecule has 1 atom stereocenters. The highest BCUT2D eigenvalue weighted by atomic mass is 35.5. The van der Waals surface area contributed by atoms with Crippen molar-refractivity contribution >= 4 is 16.8 Å². The Morgan fingerprint density at radius 2 is 2.10 bits per heavy atom. The van der Waals surface area contributed by atoms with Crippen molar-refractivity contribution in [3.63, 3.8) is 0 Å². The van der Waals surface area contributed by atoms with Crippen molar-refractivity contribution in [1.82, 2.24) is 4.90 Å². The molecule has 0 aromatic carbocycles. The maximum atomic E-state index is 10.5. The molecule has 0 aromatic heterocycles. The highest BCUT2D eigenvalue weighted by Crippen LogP contribution is 2.05. The van der Waals surface area contributed by atoms with Gasteiger partial charge in [-0.05, 0) is 38.7 Å². The van der Waals surface area contributed by atoms with Crippen LogP contribution < -0.4 is 0 Å². The number of halogens is 1. The summed E-state index contributed by atoms with van der Waals surface area (Å²) < 4.78 is 0. The van der Waals surface area contributed by atoms with Crippen LogP contribution in [-0.2, 0) is 4.79 Å². The van der Waals surface area contributed by atoms with E-state index in [0.29, 0.717) is 0 Å². The molecule has 0 N–H and O–H groups in total. The number of rotatable bonds is 4. The first-order chi connectivity index (χ1) is 4.54. The second kappa shape index (κ2) is 4.69. The van der Waals surface area contributed by atoms with Gasteiger partial charge >= 0.3 is 0 Å². The van der Waals surface area contributed by atoms with E-state index in [1.54, 1.807) is 0 Å². The molecule has 60 valence electrons. The molecule has 0 saturated heterocycles. The Balaban J connectivity index is 3.40. The van der Waals surface area contributed by atoms with Gasteiger partial charge in [-0.25, -0.2) is 0 Å². The highest BCUT2D eigenvalue weighted by Gasteiger charge is 2.08. The van der Waals surface area contributed by atoms with Gasteiger partial charge in [0.25, 0.3) is 0 Å². The van der Waals surface area contributed by atoms with Gasteiger partial charge in [-0.3, -0.25) is 4.79 Å². The molecular weight excluding hydrogens is 150 g/mol. The number of hydrogen-bond donors (Lipinski definition) is 0. The van der Waals surface area contributed by atoms with Crippen molar-refractivity contribution in [3.05, 3.63) is 0 Å². The average Bonchev–Trinajstić information content (AvgIpc) is 1.82. The number of nitrogens with zero attached hydrogens (tertiary/aromatic N) is 1. The fourth-order valence-electron chi connectivity index (χ4n) is 0.565. The van der Waals surface area contributed by atoms with Gasteiger partial charge in [0.05, 0.1) is 0 Å². The minimum absolute atomic E-state index is 0.0101. The largest absolute Gasteiger partial charge is 0.309 e. The average molecular weight is 164 g/mol. The zero-order valence-electron chi connectivity index (χ0n) is 6.72. The fraction of sp³-hybridized carbons (Fsp3) is 0.857. The first kappa shape index (κ1) is 9.92. The summed E-state index contributed by atoms with van der Waals surface area (Å²) in [5.74, 6) is -0.0101. The summed E-state index contributed by atoms with van der Waals surface area (Å²) in [7, 11) is 3.96. The van der Waals surface area contributed by atoms with Crippen molar-refractivity contribution in [3.8, 4) is 0 Å². The lowest BCUT2D eigenvalue weighted by molar-refractivity contribution is -0.114. The minimum Gasteiger partial charge on any atom is -0.309 e. The van der Waals surface area contributed by atoms with Gasteiger partial charge in [0.15, 0.2) is 0 Å². The van der Waals surface area contributed by atoms with Crippen LogP contribution in [0.25, 0.3) is 0 Å².